The molecule has 0 N–H and O–H groups in total. The maximum absolute atomic E-state index is 13.1. The van der Waals surface area contributed by atoms with E-state index < -0.39 is 30.4 Å². The smallest absolute Gasteiger partial charge is 0.412 e. The van der Waals surface area contributed by atoms with Crippen molar-refractivity contribution >= 4 is 5.97 Å². The van der Waals surface area contributed by atoms with Crippen molar-refractivity contribution in [3.8, 4) is 0 Å². The summed E-state index contributed by atoms with van der Waals surface area (Å²) in [5, 5.41) is 4.04. The summed E-state index contributed by atoms with van der Waals surface area (Å²) in [6.45, 7) is 3.50. The van der Waals surface area contributed by atoms with Crippen LogP contribution in [0.1, 0.15) is 42.7 Å². The first kappa shape index (κ1) is 21.5. The van der Waals surface area contributed by atoms with Gasteiger partial charge in [-0.15, -0.1) is 0 Å². The van der Waals surface area contributed by atoms with Gasteiger partial charge in [-0.1, -0.05) is 0 Å². The van der Waals surface area contributed by atoms with Crippen LogP contribution in [0.25, 0.3) is 0 Å². The monoisotopic (exact) mass is 401 g/mol. The third-order valence-electron chi connectivity index (χ3n) is 4.46. The summed E-state index contributed by atoms with van der Waals surface area (Å²) in [6, 6.07) is -4.52. The lowest BCUT2D eigenvalue weighted by molar-refractivity contribution is -0.289. The number of esters is 1. The summed E-state index contributed by atoms with van der Waals surface area (Å²) in [4.78, 5) is 12.5. The molecule has 1 unspecified atom stereocenters. The van der Waals surface area contributed by atoms with Gasteiger partial charge in [0.1, 0.15) is 0 Å². The average molecular weight is 401 g/mol. The number of nitrogens with zero attached hydrogens (tertiary/aromatic N) is 3. The molecule has 1 aromatic heterocycles. The molecule has 1 aromatic rings. The van der Waals surface area contributed by atoms with Gasteiger partial charge in [0, 0.05) is 24.3 Å². The van der Waals surface area contributed by atoms with E-state index in [0.717, 1.165) is 0 Å². The highest BCUT2D eigenvalue weighted by Crippen LogP contribution is 2.41. The Hall–Kier alpha value is -1.78. The van der Waals surface area contributed by atoms with Gasteiger partial charge >= 0.3 is 18.3 Å². The zero-order chi connectivity index (χ0) is 20.4. The first-order valence-electron chi connectivity index (χ1n) is 8.61. The fourth-order valence-corrected chi connectivity index (χ4v) is 3.38. The number of alkyl halides is 6. The zero-order valence-corrected chi connectivity index (χ0v) is 14.9. The van der Waals surface area contributed by atoms with Gasteiger partial charge in [-0.2, -0.15) is 31.4 Å². The molecule has 1 fully saturated rings. The molecule has 2 heterocycles. The molecule has 2 rings (SSSR count). The van der Waals surface area contributed by atoms with Gasteiger partial charge in [-0.3, -0.25) is 9.58 Å². The summed E-state index contributed by atoms with van der Waals surface area (Å²) >= 11 is 0. The van der Waals surface area contributed by atoms with Crippen LogP contribution >= 0.6 is 0 Å². The zero-order valence-electron chi connectivity index (χ0n) is 14.9. The fraction of sp³-hybridized carbons (Fsp3) is 0.750. The predicted octanol–water partition coefficient (Wildman–Crippen LogP) is 3.58. The van der Waals surface area contributed by atoms with Crippen molar-refractivity contribution in [2.24, 2.45) is 0 Å². The molecule has 0 aliphatic carbocycles. The number of aryl methyl sites for hydroxylation is 1. The number of hydrogen-bond acceptors (Lipinski definition) is 4. The summed E-state index contributed by atoms with van der Waals surface area (Å²) in [7, 11) is 0. The second kappa shape index (κ2) is 8.07. The van der Waals surface area contributed by atoms with E-state index in [0.29, 0.717) is 11.4 Å². The second-order valence-electron chi connectivity index (χ2n) is 6.30. The standard InChI is InChI=1S/C16H21F6N3O2/c1-3-24-9-10(12(23-24)13(26)27-4-2)8-11-6-5-7-25(11)14(15(17,18)19)16(20,21)22/h9,11,14H,3-8H2,1-2H3. The van der Waals surface area contributed by atoms with Crippen molar-refractivity contribution in [1.29, 1.82) is 0 Å². The van der Waals surface area contributed by atoms with Crippen molar-refractivity contribution in [2.75, 3.05) is 13.2 Å². The number of aromatic nitrogens is 2. The maximum Gasteiger partial charge on any atom is 0.412 e. The fourth-order valence-electron chi connectivity index (χ4n) is 3.38. The van der Waals surface area contributed by atoms with Gasteiger partial charge in [0.05, 0.1) is 6.61 Å². The van der Waals surface area contributed by atoms with Crippen LogP contribution in [0, 0.1) is 0 Å². The van der Waals surface area contributed by atoms with E-state index in [1.54, 1.807) is 13.8 Å². The first-order valence-corrected chi connectivity index (χ1v) is 8.61. The lowest BCUT2D eigenvalue weighted by Crippen LogP contribution is -2.56. The van der Waals surface area contributed by atoms with Gasteiger partial charge in [0.2, 0.25) is 6.04 Å². The summed E-state index contributed by atoms with van der Waals surface area (Å²) < 4.78 is 84.9. The SMILES string of the molecule is CCOC(=O)c1nn(CC)cc1CC1CCCN1C(C(F)(F)F)C(F)(F)F. The largest absolute Gasteiger partial charge is 0.461 e. The maximum atomic E-state index is 13.1. The Kier molecular flexibility index (Phi) is 6.43. The highest BCUT2D eigenvalue weighted by atomic mass is 19.4. The molecule has 11 heteroatoms. The Morgan fingerprint density at radius 3 is 2.41 bits per heavy atom. The Morgan fingerprint density at radius 2 is 1.89 bits per heavy atom. The number of halogens is 6. The molecule has 0 aromatic carbocycles. The molecule has 0 radical (unpaired) electrons. The topological polar surface area (TPSA) is 47.4 Å². The molecule has 1 saturated heterocycles. The molecule has 1 atom stereocenters. The van der Waals surface area contributed by atoms with Crippen LogP contribution in [0.2, 0.25) is 0 Å². The number of likely N-dealkylation sites (tertiary alicyclic amines) is 1. The number of rotatable bonds is 6. The summed E-state index contributed by atoms with van der Waals surface area (Å²) in [5.41, 5.74) is 0.219. The van der Waals surface area contributed by atoms with Crippen LogP contribution in [0.3, 0.4) is 0 Å². The highest BCUT2D eigenvalue weighted by Gasteiger charge is 2.61. The van der Waals surface area contributed by atoms with E-state index in [4.69, 9.17) is 4.74 Å². The molecule has 1 aliphatic rings. The minimum Gasteiger partial charge on any atom is -0.461 e. The van der Waals surface area contributed by atoms with Crippen LogP contribution in [0.4, 0.5) is 26.3 Å². The van der Waals surface area contributed by atoms with Gasteiger partial charge in [-0.25, -0.2) is 4.79 Å². The third kappa shape index (κ3) is 4.94. The lowest BCUT2D eigenvalue weighted by atomic mass is 10.0. The lowest BCUT2D eigenvalue weighted by Gasteiger charge is -2.35. The molecule has 1 aliphatic heterocycles. The number of hydrogen-bond donors (Lipinski definition) is 0. The molecule has 0 amide bonds. The van der Waals surface area contributed by atoms with Crippen LogP contribution in [0.15, 0.2) is 6.20 Å². The molecule has 27 heavy (non-hydrogen) atoms. The number of ether oxygens (including phenoxy) is 1. The molecular formula is C16H21F6N3O2. The van der Waals surface area contributed by atoms with E-state index in [2.05, 4.69) is 5.10 Å². The van der Waals surface area contributed by atoms with E-state index in [-0.39, 0.29) is 43.7 Å². The van der Waals surface area contributed by atoms with E-state index in [1.165, 1.54) is 10.9 Å². The normalized spacial score (nSPS) is 19.1. The van der Waals surface area contributed by atoms with Crippen molar-refractivity contribution < 1.29 is 35.9 Å². The van der Waals surface area contributed by atoms with E-state index >= 15 is 0 Å². The Morgan fingerprint density at radius 1 is 1.26 bits per heavy atom. The van der Waals surface area contributed by atoms with Crippen molar-refractivity contribution in [3.05, 3.63) is 17.5 Å². The van der Waals surface area contributed by atoms with Crippen molar-refractivity contribution in [2.45, 2.75) is 64.1 Å². The molecule has 5 nitrogen and oxygen atoms in total. The van der Waals surface area contributed by atoms with Gasteiger partial charge in [-0.05, 0) is 39.7 Å². The molecular weight excluding hydrogens is 380 g/mol. The van der Waals surface area contributed by atoms with Crippen LogP contribution in [-0.4, -0.2) is 58.2 Å². The average Bonchev–Trinajstić information content (AvgIpc) is 3.12. The van der Waals surface area contributed by atoms with Crippen LogP contribution < -0.4 is 0 Å². The second-order valence-corrected chi connectivity index (χ2v) is 6.30. The first-order chi connectivity index (χ1) is 12.5. The Bertz CT molecular complexity index is 642. The minimum atomic E-state index is -5.43. The van der Waals surface area contributed by atoms with Crippen LogP contribution in [0.5, 0.6) is 0 Å². The van der Waals surface area contributed by atoms with Gasteiger partial charge in [0.25, 0.3) is 0 Å². The quantitative estimate of drug-likeness (QED) is 0.540. The van der Waals surface area contributed by atoms with Crippen LogP contribution in [-0.2, 0) is 17.7 Å². The predicted molar refractivity (Wildman–Crippen MR) is 83.2 cm³/mol. The molecule has 0 bridgehead atoms. The summed E-state index contributed by atoms with van der Waals surface area (Å²) in [6.07, 6.45) is -9.15. The number of carbonyl (C=O) groups excluding carboxylic acids is 1. The molecule has 154 valence electrons. The number of carbonyl (C=O) groups is 1. The Balaban J connectivity index is 2.31. The van der Waals surface area contributed by atoms with E-state index in [9.17, 15) is 31.1 Å². The van der Waals surface area contributed by atoms with Crippen molar-refractivity contribution in [1.82, 2.24) is 14.7 Å². The van der Waals surface area contributed by atoms with Gasteiger partial charge < -0.3 is 4.74 Å². The highest BCUT2D eigenvalue weighted by molar-refractivity contribution is 5.88. The van der Waals surface area contributed by atoms with Gasteiger partial charge in [0.15, 0.2) is 5.69 Å². The third-order valence-corrected chi connectivity index (χ3v) is 4.46. The molecule has 0 saturated carbocycles. The van der Waals surface area contributed by atoms with E-state index in [1.807, 2.05) is 0 Å². The Labute approximate surface area is 152 Å². The minimum absolute atomic E-state index is 0.0684. The summed E-state index contributed by atoms with van der Waals surface area (Å²) in [5.74, 6) is -0.743. The molecule has 0 spiro atoms. The van der Waals surface area contributed by atoms with Crippen molar-refractivity contribution in [3.63, 3.8) is 0 Å².